The second-order valence-electron chi connectivity index (χ2n) is 7.24. The zero-order valence-corrected chi connectivity index (χ0v) is 17.8. The van der Waals surface area contributed by atoms with Crippen LogP contribution in [0.15, 0.2) is 18.2 Å². The van der Waals surface area contributed by atoms with Crippen molar-refractivity contribution >= 4 is 36.4 Å². The number of hydrogen-bond acceptors (Lipinski definition) is 4. The number of ether oxygens (including phenoxy) is 1. The molecule has 1 aromatic carbocycles. The van der Waals surface area contributed by atoms with Crippen molar-refractivity contribution < 1.29 is 9.53 Å². The molecule has 2 fully saturated rings. The van der Waals surface area contributed by atoms with E-state index in [1.54, 1.807) is 0 Å². The van der Waals surface area contributed by atoms with Crippen molar-refractivity contribution in [2.24, 2.45) is 5.92 Å². The lowest BCUT2D eigenvalue weighted by atomic mass is 9.93. The predicted molar refractivity (Wildman–Crippen MR) is 115 cm³/mol. The lowest BCUT2D eigenvalue weighted by Crippen LogP contribution is -2.37. The summed E-state index contributed by atoms with van der Waals surface area (Å²) in [6.45, 7) is 8.30. The van der Waals surface area contributed by atoms with Crippen molar-refractivity contribution in [3.8, 4) is 0 Å². The number of carbonyl (C=O) groups excluding carboxylic acids is 1. The van der Waals surface area contributed by atoms with Crippen molar-refractivity contribution in [2.75, 3.05) is 44.3 Å². The fourth-order valence-corrected chi connectivity index (χ4v) is 3.71. The van der Waals surface area contributed by atoms with E-state index in [1.807, 2.05) is 0 Å². The number of carbonyl (C=O) groups is 1. The largest absolute Gasteiger partial charge is 0.378 e. The Morgan fingerprint density at radius 3 is 2.63 bits per heavy atom. The van der Waals surface area contributed by atoms with Gasteiger partial charge in [0.25, 0.3) is 0 Å². The maximum absolute atomic E-state index is 12.3. The van der Waals surface area contributed by atoms with E-state index in [0.717, 1.165) is 45.8 Å². The molecule has 0 aromatic heterocycles. The molecular weight excluding hydrogens is 385 g/mol. The number of morpholine rings is 1. The Hall–Kier alpha value is -1.01. The van der Waals surface area contributed by atoms with Gasteiger partial charge in [0.1, 0.15) is 0 Å². The van der Waals surface area contributed by atoms with Crippen LogP contribution in [0.4, 0.5) is 5.69 Å². The van der Waals surface area contributed by atoms with Crippen LogP contribution in [0.25, 0.3) is 0 Å². The number of amides is 1. The lowest BCUT2D eigenvalue weighted by molar-refractivity contribution is -0.121. The second-order valence-corrected chi connectivity index (χ2v) is 7.24. The number of anilines is 1. The maximum Gasteiger partial charge on any atom is 0.220 e. The highest BCUT2D eigenvalue weighted by molar-refractivity contribution is 5.85. The summed E-state index contributed by atoms with van der Waals surface area (Å²) in [5.41, 5.74) is 3.69. The predicted octanol–water partition coefficient (Wildman–Crippen LogP) is 3.07. The summed E-state index contributed by atoms with van der Waals surface area (Å²) in [7, 11) is 0. The Bertz CT molecular complexity index is 574. The Balaban J connectivity index is 0.00000182. The molecule has 2 aliphatic heterocycles. The molecule has 1 aromatic rings. The molecule has 0 radical (unpaired) electrons. The smallest absolute Gasteiger partial charge is 0.220 e. The minimum absolute atomic E-state index is 0. The molecule has 154 valence electrons. The van der Waals surface area contributed by atoms with Crippen molar-refractivity contribution in [1.29, 1.82) is 0 Å². The number of aryl methyl sites for hydroxylation is 1. The number of benzene rings is 1. The van der Waals surface area contributed by atoms with E-state index >= 15 is 0 Å². The molecule has 1 amide bonds. The zero-order valence-electron chi connectivity index (χ0n) is 16.2. The van der Waals surface area contributed by atoms with Gasteiger partial charge in [-0.3, -0.25) is 4.79 Å². The van der Waals surface area contributed by atoms with E-state index in [0.29, 0.717) is 18.9 Å². The van der Waals surface area contributed by atoms with E-state index in [9.17, 15) is 4.79 Å². The van der Waals surface area contributed by atoms with Crippen LogP contribution >= 0.6 is 24.8 Å². The van der Waals surface area contributed by atoms with Gasteiger partial charge >= 0.3 is 0 Å². The van der Waals surface area contributed by atoms with Crippen LogP contribution in [0.2, 0.25) is 0 Å². The van der Waals surface area contributed by atoms with E-state index in [1.165, 1.54) is 29.7 Å². The number of hydrogen-bond donors (Lipinski definition) is 2. The molecule has 7 heteroatoms. The summed E-state index contributed by atoms with van der Waals surface area (Å²) in [6, 6.07) is 6.50. The monoisotopic (exact) mass is 417 g/mol. The summed E-state index contributed by atoms with van der Waals surface area (Å²) in [4.78, 5) is 14.6. The average molecular weight is 418 g/mol. The highest BCUT2D eigenvalue weighted by Gasteiger charge is 2.17. The first-order valence-corrected chi connectivity index (χ1v) is 9.62. The molecule has 27 heavy (non-hydrogen) atoms. The summed E-state index contributed by atoms with van der Waals surface area (Å²) in [5.74, 6) is 0.877. The van der Waals surface area contributed by atoms with Crippen molar-refractivity contribution in [1.82, 2.24) is 10.6 Å². The van der Waals surface area contributed by atoms with Crippen molar-refractivity contribution in [3.63, 3.8) is 0 Å². The standard InChI is InChI=1S/C20H31N3O2.2ClH/c1-16-2-4-18(19(14-16)23-10-12-25-13-11-23)15-22-20(24)5-3-17-6-8-21-9-7-17;;/h2,4,14,17,21H,3,5-13,15H2,1H3,(H,22,24);2*1H. The summed E-state index contributed by atoms with van der Waals surface area (Å²) in [5, 5.41) is 6.50. The minimum atomic E-state index is 0. The first kappa shape index (κ1) is 24.0. The van der Waals surface area contributed by atoms with Crippen LogP contribution in [-0.2, 0) is 16.1 Å². The van der Waals surface area contributed by atoms with E-state index < -0.39 is 0 Å². The number of piperidine rings is 1. The van der Waals surface area contributed by atoms with Crippen molar-refractivity contribution in [3.05, 3.63) is 29.3 Å². The van der Waals surface area contributed by atoms with Gasteiger partial charge in [0.15, 0.2) is 0 Å². The van der Waals surface area contributed by atoms with E-state index in [-0.39, 0.29) is 30.7 Å². The van der Waals surface area contributed by atoms with Gasteiger partial charge in [-0.25, -0.2) is 0 Å². The van der Waals surface area contributed by atoms with Crippen LogP contribution in [0.3, 0.4) is 0 Å². The van der Waals surface area contributed by atoms with Crippen LogP contribution in [-0.4, -0.2) is 45.3 Å². The molecule has 0 bridgehead atoms. The van der Waals surface area contributed by atoms with Gasteiger partial charge in [-0.2, -0.15) is 0 Å². The van der Waals surface area contributed by atoms with Gasteiger partial charge in [0, 0.05) is 31.7 Å². The van der Waals surface area contributed by atoms with Gasteiger partial charge < -0.3 is 20.3 Å². The number of nitrogens with zero attached hydrogens (tertiary/aromatic N) is 1. The Morgan fingerprint density at radius 2 is 1.93 bits per heavy atom. The fraction of sp³-hybridized carbons (Fsp3) is 0.650. The van der Waals surface area contributed by atoms with Gasteiger partial charge in [-0.15, -0.1) is 24.8 Å². The molecule has 0 spiro atoms. The lowest BCUT2D eigenvalue weighted by Gasteiger charge is -2.31. The molecule has 2 heterocycles. The van der Waals surface area contributed by atoms with Crippen LogP contribution in [0, 0.1) is 12.8 Å². The molecule has 3 rings (SSSR count). The van der Waals surface area contributed by atoms with Gasteiger partial charge in [0.2, 0.25) is 5.91 Å². The molecular formula is C20H33Cl2N3O2. The minimum Gasteiger partial charge on any atom is -0.378 e. The first-order valence-electron chi connectivity index (χ1n) is 9.62. The molecule has 5 nitrogen and oxygen atoms in total. The summed E-state index contributed by atoms with van der Waals surface area (Å²) in [6.07, 6.45) is 4.06. The average Bonchev–Trinajstić information content (AvgIpc) is 2.67. The molecule has 0 unspecified atom stereocenters. The Morgan fingerprint density at radius 1 is 1.22 bits per heavy atom. The van der Waals surface area contributed by atoms with Crippen LogP contribution in [0.1, 0.15) is 36.8 Å². The highest BCUT2D eigenvalue weighted by atomic mass is 35.5. The van der Waals surface area contributed by atoms with E-state index in [4.69, 9.17) is 4.74 Å². The molecule has 0 aliphatic carbocycles. The zero-order chi connectivity index (χ0) is 17.5. The topological polar surface area (TPSA) is 53.6 Å². The fourth-order valence-electron chi connectivity index (χ4n) is 3.71. The van der Waals surface area contributed by atoms with Gasteiger partial charge in [-0.05, 0) is 62.4 Å². The second kappa shape index (κ2) is 12.4. The van der Waals surface area contributed by atoms with Crippen LogP contribution < -0.4 is 15.5 Å². The van der Waals surface area contributed by atoms with Crippen LogP contribution in [0.5, 0.6) is 0 Å². The number of halogens is 2. The third kappa shape index (κ3) is 7.49. The Kier molecular flexibility index (Phi) is 11.1. The van der Waals surface area contributed by atoms with Gasteiger partial charge in [-0.1, -0.05) is 12.1 Å². The number of rotatable bonds is 6. The van der Waals surface area contributed by atoms with Crippen molar-refractivity contribution in [2.45, 2.75) is 39.2 Å². The Labute approximate surface area is 175 Å². The molecule has 2 saturated heterocycles. The third-order valence-electron chi connectivity index (χ3n) is 5.31. The first-order chi connectivity index (χ1) is 12.2. The molecule has 2 N–H and O–H groups in total. The van der Waals surface area contributed by atoms with E-state index in [2.05, 4.69) is 40.7 Å². The summed E-state index contributed by atoms with van der Waals surface area (Å²) < 4.78 is 5.46. The highest BCUT2D eigenvalue weighted by Crippen LogP contribution is 2.23. The molecule has 0 atom stereocenters. The summed E-state index contributed by atoms with van der Waals surface area (Å²) >= 11 is 0. The molecule has 2 aliphatic rings. The molecule has 0 saturated carbocycles. The quantitative estimate of drug-likeness (QED) is 0.746. The SMILES string of the molecule is Cc1ccc(CNC(=O)CCC2CCNCC2)c(N2CCOCC2)c1.Cl.Cl. The third-order valence-corrected chi connectivity index (χ3v) is 5.31. The number of nitrogens with one attached hydrogen (secondary N) is 2. The maximum atomic E-state index is 12.3. The normalized spacial score (nSPS) is 17.6. The van der Waals surface area contributed by atoms with Gasteiger partial charge in [0.05, 0.1) is 13.2 Å².